The van der Waals surface area contributed by atoms with Crippen molar-refractivity contribution in [3.05, 3.63) is 63.4 Å². The van der Waals surface area contributed by atoms with E-state index < -0.39 is 0 Å². The quantitative estimate of drug-likeness (QED) is 0.811. The molecule has 0 spiro atoms. The third-order valence-electron chi connectivity index (χ3n) is 3.53. The van der Waals surface area contributed by atoms with E-state index >= 15 is 0 Å². The van der Waals surface area contributed by atoms with Gasteiger partial charge in [-0.1, -0.05) is 30.1 Å². The van der Waals surface area contributed by atoms with Gasteiger partial charge in [0.25, 0.3) is 0 Å². The standard InChI is InChI=1S/C17H20Cl2N2/c1-3-7-21-17(15-11-20-8-6-12(15)2)10-13-9-14(18)4-5-16(13)19/h4-6,8-9,11,17,21H,3,7,10H2,1-2H3. The second kappa shape index (κ2) is 7.79. The minimum atomic E-state index is 0.189. The van der Waals surface area contributed by atoms with E-state index in [0.29, 0.717) is 5.02 Å². The lowest BCUT2D eigenvalue weighted by Crippen LogP contribution is -2.25. The van der Waals surface area contributed by atoms with Crippen LogP contribution >= 0.6 is 23.2 Å². The van der Waals surface area contributed by atoms with Crippen LogP contribution in [-0.2, 0) is 6.42 Å². The fraction of sp³-hybridized carbons (Fsp3) is 0.353. The number of pyridine rings is 1. The molecule has 21 heavy (non-hydrogen) atoms. The van der Waals surface area contributed by atoms with Gasteiger partial charge in [0, 0.05) is 28.5 Å². The number of aryl methyl sites for hydroxylation is 1. The highest BCUT2D eigenvalue weighted by Crippen LogP contribution is 2.27. The third kappa shape index (κ3) is 4.44. The molecule has 0 aliphatic carbocycles. The van der Waals surface area contributed by atoms with Crippen LogP contribution < -0.4 is 5.32 Å². The summed E-state index contributed by atoms with van der Waals surface area (Å²) in [5.41, 5.74) is 3.50. The van der Waals surface area contributed by atoms with Crippen molar-refractivity contribution >= 4 is 23.2 Å². The van der Waals surface area contributed by atoms with Gasteiger partial charge in [0.05, 0.1) is 0 Å². The molecule has 0 fully saturated rings. The maximum Gasteiger partial charge on any atom is 0.0439 e. The van der Waals surface area contributed by atoms with Crippen LogP contribution in [0.15, 0.2) is 36.7 Å². The van der Waals surface area contributed by atoms with Gasteiger partial charge in [-0.2, -0.15) is 0 Å². The molecule has 4 heteroatoms. The Kier molecular flexibility index (Phi) is 6.04. The summed E-state index contributed by atoms with van der Waals surface area (Å²) >= 11 is 12.4. The molecule has 2 rings (SSSR count). The number of hydrogen-bond acceptors (Lipinski definition) is 2. The molecule has 2 nitrogen and oxygen atoms in total. The first-order chi connectivity index (χ1) is 10.1. The van der Waals surface area contributed by atoms with Gasteiger partial charge < -0.3 is 5.32 Å². The van der Waals surface area contributed by atoms with Crippen LogP contribution in [0.1, 0.15) is 36.1 Å². The molecular formula is C17H20Cl2N2. The topological polar surface area (TPSA) is 24.9 Å². The number of nitrogens with zero attached hydrogens (tertiary/aromatic N) is 1. The van der Waals surface area contributed by atoms with Crippen LogP contribution in [0.4, 0.5) is 0 Å². The largest absolute Gasteiger partial charge is 0.310 e. The average Bonchev–Trinajstić information content (AvgIpc) is 2.48. The van der Waals surface area contributed by atoms with Crippen LogP contribution in [0.25, 0.3) is 0 Å². The molecule has 1 heterocycles. The maximum atomic E-state index is 6.30. The van der Waals surface area contributed by atoms with Crippen LogP contribution in [0.2, 0.25) is 10.0 Å². The van der Waals surface area contributed by atoms with Crippen molar-refractivity contribution in [1.29, 1.82) is 0 Å². The Morgan fingerprint density at radius 3 is 2.76 bits per heavy atom. The summed E-state index contributed by atoms with van der Waals surface area (Å²) in [6.07, 6.45) is 5.63. The van der Waals surface area contributed by atoms with Gasteiger partial charge in [0.15, 0.2) is 0 Å². The minimum absolute atomic E-state index is 0.189. The van der Waals surface area contributed by atoms with Gasteiger partial charge in [-0.25, -0.2) is 0 Å². The zero-order valence-corrected chi connectivity index (χ0v) is 13.9. The van der Waals surface area contributed by atoms with Crippen LogP contribution in [0.5, 0.6) is 0 Å². The summed E-state index contributed by atoms with van der Waals surface area (Å²) in [5.74, 6) is 0. The van der Waals surface area contributed by atoms with Gasteiger partial charge in [-0.05, 0) is 67.3 Å². The minimum Gasteiger partial charge on any atom is -0.310 e. The van der Waals surface area contributed by atoms with Gasteiger partial charge >= 0.3 is 0 Å². The third-order valence-corrected chi connectivity index (χ3v) is 4.13. The van der Waals surface area contributed by atoms with Crippen molar-refractivity contribution in [2.45, 2.75) is 32.7 Å². The van der Waals surface area contributed by atoms with Gasteiger partial charge in [-0.15, -0.1) is 0 Å². The zero-order chi connectivity index (χ0) is 15.2. The summed E-state index contributed by atoms with van der Waals surface area (Å²) < 4.78 is 0. The molecule has 1 aromatic carbocycles. The Morgan fingerprint density at radius 2 is 2.05 bits per heavy atom. The molecule has 2 aromatic rings. The van der Waals surface area contributed by atoms with E-state index in [1.807, 2.05) is 36.7 Å². The second-order valence-corrected chi connectivity index (χ2v) is 6.02. The highest BCUT2D eigenvalue weighted by atomic mass is 35.5. The summed E-state index contributed by atoms with van der Waals surface area (Å²) in [4.78, 5) is 4.26. The number of hydrogen-bond donors (Lipinski definition) is 1. The molecule has 0 bridgehead atoms. The first kappa shape index (κ1) is 16.3. The molecule has 1 aromatic heterocycles. The predicted octanol–water partition coefficient (Wildman–Crippen LogP) is 4.98. The summed E-state index contributed by atoms with van der Waals surface area (Å²) in [6, 6.07) is 7.84. The van der Waals surface area contributed by atoms with Gasteiger partial charge in [0.2, 0.25) is 0 Å². The molecule has 0 saturated heterocycles. The van der Waals surface area contributed by atoms with Crippen molar-refractivity contribution in [1.82, 2.24) is 10.3 Å². The number of halogens is 2. The molecule has 1 N–H and O–H groups in total. The Labute approximate surface area is 136 Å². The SMILES string of the molecule is CCCNC(Cc1cc(Cl)ccc1Cl)c1cnccc1C. The Balaban J connectivity index is 2.28. The fourth-order valence-corrected chi connectivity index (χ4v) is 2.76. The van der Waals surface area contributed by atoms with E-state index in [2.05, 4.69) is 24.1 Å². The van der Waals surface area contributed by atoms with Crippen molar-refractivity contribution < 1.29 is 0 Å². The first-order valence-electron chi connectivity index (χ1n) is 7.19. The van der Waals surface area contributed by atoms with Gasteiger partial charge in [-0.3, -0.25) is 4.98 Å². The summed E-state index contributed by atoms with van der Waals surface area (Å²) in [6.45, 7) is 5.22. The Morgan fingerprint density at radius 1 is 1.24 bits per heavy atom. The number of aromatic nitrogens is 1. The van der Waals surface area contributed by atoms with E-state index in [9.17, 15) is 0 Å². The van der Waals surface area contributed by atoms with Crippen LogP contribution in [0.3, 0.4) is 0 Å². The lowest BCUT2D eigenvalue weighted by Gasteiger charge is -2.21. The number of rotatable bonds is 6. The smallest absolute Gasteiger partial charge is 0.0439 e. The van der Waals surface area contributed by atoms with Crippen molar-refractivity contribution in [2.75, 3.05) is 6.54 Å². The van der Waals surface area contributed by atoms with Crippen LogP contribution in [-0.4, -0.2) is 11.5 Å². The van der Waals surface area contributed by atoms with E-state index in [-0.39, 0.29) is 6.04 Å². The maximum absolute atomic E-state index is 6.30. The second-order valence-electron chi connectivity index (χ2n) is 5.18. The summed E-state index contributed by atoms with van der Waals surface area (Å²) in [7, 11) is 0. The van der Waals surface area contributed by atoms with E-state index in [0.717, 1.165) is 30.0 Å². The van der Waals surface area contributed by atoms with Crippen molar-refractivity contribution in [2.24, 2.45) is 0 Å². The molecule has 0 amide bonds. The normalized spacial score (nSPS) is 12.4. The molecule has 1 atom stereocenters. The molecule has 0 saturated carbocycles. The predicted molar refractivity (Wildman–Crippen MR) is 90.2 cm³/mol. The first-order valence-corrected chi connectivity index (χ1v) is 7.95. The van der Waals surface area contributed by atoms with E-state index in [1.165, 1.54) is 11.1 Å². The van der Waals surface area contributed by atoms with E-state index in [1.54, 1.807) is 0 Å². The van der Waals surface area contributed by atoms with Gasteiger partial charge in [0.1, 0.15) is 0 Å². The molecule has 1 unspecified atom stereocenters. The Bertz CT molecular complexity index is 599. The average molecular weight is 323 g/mol. The Hall–Kier alpha value is -1.09. The lowest BCUT2D eigenvalue weighted by atomic mass is 9.97. The summed E-state index contributed by atoms with van der Waals surface area (Å²) in [5, 5.41) is 5.05. The number of benzene rings is 1. The van der Waals surface area contributed by atoms with Crippen molar-refractivity contribution in [3.63, 3.8) is 0 Å². The molecule has 112 valence electrons. The fourth-order valence-electron chi connectivity index (χ4n) is 2.37. The molecular weight excluding hydrogens is 303 g/mol. The highest BCUT2D eigenvalue weighted by Gasteiger charge is 2.16. The van der Waals surface area contributed by atoms with Crippen LogP contribution in [0, 0.1) is 6.92 Å². The molecule has 0 aliphatic rings. The number of nitrogens with one attached hydrogen (secondary N) is 1. The van der Waals surface area contributed by atoms with E-state index in [4.69, 9.17) is 23.2 Å². The molecule has 0 radical (unpaired) electrons. The lowest BCUT2D eigenvalue weighted by molar-refractivity contribution is 0.526. The zero-order valence-electron chi connectivity index (χ0n) is 12.4. The highest BCUT2D eigenvalue weighted by molar-refractivity contribution is 6.33. The van der Waals surface area contributed by atoms with Crippen molar-refractivity contribution in [3.8, 4) is 0 Å². The molecule has 0 aliphatic heterocycles. The monoisotopic (exact) mass is 322 g/mol.